The van der Waals surface area contributed by atoms with Crippen molar-refractivity contribution in [3.63, 3.8) is 0 Å². The summed E-state index contributed by atoms with van der Waals surface area (Å²) >= 11 is 7.24. The molecule has 15 heavy (non-hydrogen) atoms. The molecule has 1 saturated heterocycles. The van der Waals surface area contributed by atoms with Crippen LogP contribution in [0.15, 0.2) is 5.38 Å². The summed E-state index contributed by atoms with van der Waals surface area (Å²) in [5.74, 6) is 0. The molecule has 0 amide bonds. The Balaban J connectivity index is 1.77. The van der Waals surface area contributed by atoms with E-state index in [0.717, 1.165) is 31.4 Å². The van der Waals surface area contributed by atoms with Crippen LogP contribution in [-0.4, -0.2) is 49.3 Å². The number of thiazole rings is 1. The van der Waals surface area contributed by atoms with Crippen molar-refractivity contribution in [1.29, 1.82) is 0 Å². The topological polar surface area (TPSA) is 37.4 Å². The Morgan fingerprint density at radius 1 is 1.80 bits per heavy atom. The summed E-state index contributed by atoms with van der Waals surface area (Å²) in [5, 5.41) is 6.45. The molecule has 0 aliphatic carbocycles. The summed E-state index contributed by atoms with van der Waals surface area (Å²) in [4.78, 5) is 6.39. The first-order valence-electron chi connectivity index (χ1n) is 4.89. The highest BCUT2D eigenvalue weighted by molar-refractivity contribution is 7.14. The van der Waals surface area contributed by atoms with Gasteiger partial charge in [0.25, 0.3) is 0 Å². The summed E-state index contributed by atoms with van der Waals surface area (Å²) in [6, 6.07) is 0. The van der Waals surface area contributed by atoms with Crippen LogP contribution in [-0.2, 0) is 4.74 Å². The maximum Gasteiger partial charge on any atom is 0.184 e. The predicted molar refractivity (Wildman–Crippen MR) is 62.9 cm³/mol. The number of nitrogens with one attached hydrogen (secondary N) is 1. The number of halogens is 1. The van der Waals surface area contributed by atoms with Crippen LogP contribution in [0.5, 0.6) is 0 Å². The molecule has 1 aromatic rings. The van der Waals surface area contributed by atoms with Gasteiger partial charge in [-0.15, -0.1) is 11.3 Å². The molecule has 1 unspecified atom stereocenters. The monoisotopic (exact) mass is 247 g/mol. The van der Waals surface area contributed by atoms with Crippen LogP contribution in [0.1, 0.15) is 0 Å². The average molecular weight is 248 g/mol. The van der Waals surface area contributed by atoms with Gasteiger partial charge < -0.3 is 15.0 Å². The van der Waals surface area contributed by atoms with Gasteiger partial charge in [-0.2, -0.15) is 0 Å². The minimum atomic E-state index is 0.242. The number of anilines is 1. The second-order valence-corrected chi connectivity index (χ2v) is 4.86. The SMILES string of the molecule is CN1CCOC(CNc2nc(Cl)cs2)C1. The van der Waals surface area contributed by atoms with Crippen molar-refractivity contribution in [2.45, 2.75) is 6.10 Å². The molecule has 84 valence electrons. The summed E-state index contributed by atoms with van der Waals surface area (Å²) in [6.45, 7) is 3.57. The van der Waals surface area contributed by atoms with Crippen LogP contribution in [0.2, 0.25) is 5.15 Å². The number of nitrogens with zero attached hydrogens (tertiary/aromatic N) is 2. The second-order valence-electron chi connectivity index (χ2n) is 3.61. The molecule has 4 nitrogen and oxygen atoms in total. The molecule has 0 spiro atoms. The Morgan fingerprint density at radius 2 is 2.67 bits per heavy atom. The van der Waals surface area contributed by atoms with Crippen molar-refractivity contribution in [2.24, 2.45) is 0 Å². The van der Waals surface area contributed by atoms with Crippen molar-refractivity contribution in [1.82, 2.24) is 9.88 Å². The first kappa shape index (κ1) is 11.1. The van der Waals surface area contributed by atoms with Crippen molar-refractivity contribution >= 4 is 28.1 Å². The van der Waals surface area contributed by atoms with Gasteiger partial charge in [-0.25, -0.2) is 4.98 Å². The molecule has 6 heteroatoms. The zero-order chi connectivity index (χ0) is 10.7. The molecule has 1 aromatic heterocycles. The van der Waals surface area contributed by atoms with Gasteiger partial charge in [-0.3, -0.25) is 0 Å². The maximum atomic E-state index is 5.72. The van der Waals surface area contributed by atoms with Crippen molar-refractivity contribution < 1.29 is 4.74 Å². The van der Waals surface area contributed by atoms with Gasteiger partial charge in [-0.1, -0.05) is 11.6 Å². The number of likely N-dealkylation sites (N-methyl/N-ethyl adjacent to an activating group) is 1. The van der Waals surface area contributed by atoms with E-state index in [1.54, 1.807) is 0 Å². The summed E-state index contributed by atoms with van der Waals surface area (Å²) in [6.07, 6.45) is 0.242. The molecule has 0 bridgehead atoms. The fraction of sp³-hybridized carbons (Fsp3) is 0.667. The second kappa shape index (κ2) is 5.12. The lowest BCUT2D eigenvalue weighted by atomic mass is 10.3. The van der Waals surface area contributed by atoms with Crippen LogP contribution in [0.25, 0.3) is 0 Å². The molecule has 1 aliphatic heterocycles. The Bertz CT molecular complexity index is 320. The predicted octanol–water partition coefficient (Wildman–Crippen LogP) is 1.54. The molecule has 0 aromatic carbocycles. The maximum absolute atomic E-state index is 5.72. The first-order chi connectivity index (χ1) is 7.24. The average Bonchev–Trinajstić information content (AvgIpc) is 2.62. The zero-order valence-corrected chi connectivity index (χ0v) is 10.1. The highest BCUT2D eigenvalue weighted by atomic mass is 35.5. The van der Waals surface area contributed by atoms with Gasteiger partial charge in [0.05, 0.1) is 12.7 Å². The quantitative estimate of drug-likeness (QED) is 0.879. The van der Waals surface area contributed by atoms with Crippen LogP contribution >= 0.6 is 22.9 Å². The van der Waals surface area contributed by atoms with Crippen LogP contribution in [0, 0.1) is 0 Å². The largest absolute Gasteiger partial charge is 0.374 e. The van der Waals surface area contributed by atoms with Crippen LogP contribution < -0.4 is 5.32 Å². The Hall–Kier alpha value is -0.360. The molecular weight excluding hydrogens is 234 g/mol. The highest BCUT2D eigenvalue weighted by Gasteiger charge is 2.17. The van der Waals surface area contributed by atoms with Gasteiger partial charge in [0, 0.05) is 25.0 Å². The Kier molecular flexibility index (Phi) is 3.80. The van der Waals surface area contributed by atoms with E-state index in [1.807, 2.05) is 5.38 Å². The third kappa shape index (κ3) is 3.31. The highest BCUT2D eigenvalue weighted by Crippen LogP contribution is 2.18. The third-order valence-electron chi connectivity index (χ3n) is 2.30. The van der Waals surface area contributed by atoms with Crippen LogP contribution in [0.3, 0.4) is 0 Å². The lowest BCUT2D eigenvalue weighted by Gasteiger charge is -2.29. The van der Waals surface area contributed by atoms with Gasteiger partial charge in [0.2, 0.25) is 0 Å². The number of aromatic nitrogens is 1. The molecule has 2 rings (SSSR count). The molecule has 0 saturated carbocycles. The van der Waals surface area contributed by atoms with Gasteiger partial charge in [-0.05, 0) is 7.05 Å². The lowest BCUT2D eigenvalue weighted by molar-refractivity contribution is -0.0117. The summed E-state index contributed by atoms with van der Waals surface area (Å²) < 4.78 is 5.62. The Morgan fingerprint density at radius 3 is 3.33 bits per heavy atom. The Labute approximate surface area is 98.2 Å². The van der Waals surface area contributed by atoms with E-state index in [1.165, 1.54) is 11.3 Å². The van der Waals surface area contributed by atoms with Gasteiger partial charge in [0.1, 0.15) is 5.15 Å². The number of hydrogen-bond acceptors (Lipinski definition) is 5. The minimum absolute atomic E-state index is 0.242. The standard InChI is InChI=1S/C9H14ClN3OS/c1-13-2-3-14-7(5-13)4-11-9-12-8(10)6-15-9/h6-7H,2-5H2,1H3,(H,11,12). The molecule has 2 heterocycles. The van der Waals surface area contributed by atoms with Crippen molar-refractivity contribution in [3.05, 3.63) is 10.5 Å². The van der Waals surface area contributed by atoms with Crippen LogP contribution in [0.4, 0.5) is 5.13 Å². The summed E-state index contributed by atoms with van der Waals surface area (Å²) in [7, 11) is 2.11. The van der Waals surface area contributed by atoms with E-state index in [-0.39, 0.29) is 6.10 Å². The fourth-order valence-corrected chi connectivity index (χ4v) is 2.37. The minimum Gasteiger partial charge on any atom is -0.374 e. The van der Waals surface area contributed by atoms with Gasteiger partial charge in [0.15, 0.2) is 5.13 Å². The molecule has 0 radical (unpaired) electrons. The fourth-order valence-electron chi connectivity index (χ4n) is 1.53. The number of hydrogen-bond donors (Lipinski definition) is 1. The normalized spacial score (nSPS) is 22.9. The van der Waals surface area contributed by atoms with E-state index in [2.05, 4.69) is 22.2 Å². The lowest BCUT2D eigenvalue weighted by Crippen LogP contribution is -2.43. The number of rotatable bonds is 3. The third-order valence-corrected chi connectivity index (χ3v) is 3.42. The molecule has 1 atom stereocenters. The van der Waals surface area contributed by atoms with E-state index >= 15 is 0 Å². The smallest absolute Gasteiger partial charge is 0.184 e. The molecule has 1 fully saturated rings. The van der Waals surface area contributed by atoms with Crippen molar-refractivity contribution in [3.8, 4) is 0 Å². The van der Waals surface area contributed by atoms with E-state index in [0.29, 0.717) is 5.15 Å². The first-order valence-corrected chi connectivity index (χ1v) is 6.15. The summed E-state index contributed by atoms with van der Waals surface area (Å²) in [5.41, 5.74) is 0. The zero-order valence-electron chi connectivity index (χ0n) is 8.57. The van der Waals surface area contributed by atoms with Gasteiger partial charge >= 0.3 is 0 Å². The van der Waals surface area contributed by atoms with E-state index in [4.69, 9.17) is 16.3 Å². The molecule has 1 aliphatic rings. The molecule has 1 N–H and O–H groups in total. The van der Waals surface area contributed by atoms with E-state index in [9.17, 15) is 0 Å². The number of ether oxygens (including phenoxy) is 1. The van der Waals surface area contributed by atoms with E-state index < -0.39 is 0 Å². The van der Waals surface area contributed by atoms with Crippen molar-refractivity contribution in [2.75, 3.05) is 38.6 Å². The molecular formula is C9H14ClN3OS. The number of morpholine rings is 1.